The molecule has 1 atom stereocenters. The van der Waals surface area contributed by atoms with Crippen LogP contribution in [-0.4, -0.2) is 31.6 Å². The van der Waals surface area contributed by atoms with Gasteiger partial charge < -0.3 is 9.80 Å². The SMILES string of the molecule is CN1CCN2c3ccccc3Cc3ccccc3C2C1.[Ti]. The second-order valence-corrected chi connectivity index (χ2v) is 5.98. The van der Waals surface area contributed by atoms with Crippen molar-refractivity contribution in [2.45, 2.75) is 12.5 Å². The van der Waals surface area contributed by atoms with E-state index >= 15 is 0 Å². The van der Waals surface area contributed by atoms with Gasteiger partial charge in [-0.25, -0.2) is 0 Å². The van der Waals surface area contributed by atoms with Crippen LogP contribution in [0.3, 0.4) is 0 Å². The first-order chi connectivity index (χ1) is 9.83. The Kier molecular flexibility index (Phi) is 4.21. The molecule has 0 bridgehead atoms. The van der Waals surface area contributed by atoms with Crippen LogP contribution in [0.2, 0.25) is 0 Å². The minimum atomic E-state index is 0. The maximum absolute atomic E-state index is 2.61. The van der Waals surface area contributed by atoms with Crippen LogP contribution in [0.1, 0.15) is 22.7 Å². The van der Waals surface area contributed by atoms with E-state index in [1.165, 1.54) is 22.4 Å². The fraction of sp³-hybridized carbons (Fsp3) is 0.333. The summed E-state index contributed by atoms with van der Waals surface area (Å²) in [6.07, 6.45) is 1.06. The van der Waals surface area contributed by atoms with E-state index in [2.05, 4.69) is 65.4 Å². The Labute approximate surface area is 141 Å². The molecule has 2 aliphatic rings. The van der Waals surface area contributed by atoms with Gasteiger partial charge in [-0.3, -0.25) is 0 Å². The number of para-hydroxylation sites is 1. The molecule has 1 saturated heterocycles. The first-order valence-corrected chi connectivity index (χ1v) is 7.44. The molecular formula is C18H20N2Ti. The van der Waals surface area contributed by atoms with Crippen LogP contribution in [0, 0.1) is 0 Å². The van der Waals surface area contributed by atoms with Gasteiger partial charge in [-0.15, -0.1) is 0 Å². The standard InChI is InChI=1S/C18H20N2.Ti/c1-19-10-11-20-17-9-5-3-7-15(17)12-14-6-2-4-8-16(14)18(20)13-19;/h2-9,18H,10-13H2,1H3;. The van der Waals surface area contributed by atoms with Crippen molar-refractivity contribution in [1.82, 2.24) is 4.90 Å². The zero-order valence-electron chi connectivity index (χ0n) is 12.4. The molecule has 0 radical (unpaired) electrons. The van der Waals surface area contributed by atoms with Crippen molar-refractivity contribution >= 4 is 5.69 Å². The molecule has 0 spiro atoms. The first-order valence-electron chi connectivity index (χ1n) is 7.44. The van der Waals surface area contributed by atoms with Crippen LogP contribution >= 0.6 is 0 Å². The maximum atomic E-state index is 2.61. The van der Waals surface area contributed by atoms with E-state index in [1.807, 2.05) is 0 Å². The fourth-order valence-electron chi connectivity index (χ4n) is 3.64. The van der Waals surface area contributed by atoms with Crippen LogP contribution in [0.25, 0.3) is 0 Å². The summed E-state index contributed by atoms with van der Waals surface area (Å²) in [5, 5.41) is 0. The molecule has 21 heavy (non-hydrogen) atoms. The van der Waals surface area contributed by atoms with Crippen LogP contribution in [0.4, 0.5) is 5.69 Å². The Morgan fingerprint density at radius 3 is 2.48 bits per heavy atom. The monoisotopic (exact) mass is 312 g/mol. The van der Waals surface area contributed by atoms with Gasteiger partial charge in [-0.1, -0.05) is 42.5 Å². The molecule has 0 aromatic heterocycles. The third-order valence-corrected chi connectivity index (χ3v) is 4.68. The van der Waals surface area contributed by atoms with Gasteiger partial charge in [0.2, 0.25) is 0 Å². The van der Waals surface area contributed by atoms with E-state index in [0.29, 0.717) is 6.04 Å². The second-order valence-electron chi connectivity index (χ2n) is 5.98. The molecule has 0 amide bonds. The first kappa shape index (κ1) is 14.8. The molecule has 106 valence electrons. The predicted molar refractivity (Wildman–Crippen MR) is 83.3 cm³/mol. The van der Waals surface area contributed by atoms with Gasteiger partial charge >= 0.3 is 0 Å². The number of hydrogen-bond donors (Lipinski definition) is 0. The largest absolute Gasteiger partial charge is 0.362 e. The van der Waals surface area contributed by atoms with Gasteiger partial charge in [-0.2, -0.15) is 0 Å². The fourth-order valence-corrected chi connectivity index (χ4v) is 3.64. The molecule has 2 aromatic rings. The van der Waals surface area contributed by atoms with Gasteiger partial charge in [0.15, 0.2) is 0 Å². The van der Waals surface area contributed by atoms with Crippen molar-refractivity contribution in [3.63, 3.8) is 0 Å². The van der Waals surface area contributed by atoms with E-state index in [-0.39, 0.29) is 21.7 Å². The minimum Gasteiger partial charge on any atom is -0.362 e. The summed E-state index contributed by atoms with van der Waals surface area (Å²) in [6, 6.07) is 18.4. The minimum absolute atomic E-state index is 0. The molecule has 0 N–H and O–H groups in total. The summed E-state index contributed by atoms with van der Waals surface area (Å²) in [6.45, 7) is 3.38. The average Bonchev–Trinajstić information content (AvgIpc) is 2.61. The molecule has 0 aliphatic carbocycles. The Hall–Kier alpha value is -1.09. The molecule has 3 heteroatoms. The third-order valence-electron chi connectivity index (χ3n) is 4.68. The molecular weight excluding hydrogens is 292 g/mol. The van der Waals surface area contributed by atoms with E-state index in [9.17, 15) is 0 Å². The summed E-state index contributed by atoms with van der Waals surface area (Å²) in [4.78, 5) is 5.06. The van der Waals surface area contributed by atoms with Crippen molar-refractivity contribution in [3.05, 3.63) is 65.2 Å². The van der Waals surface area contributed by atoms with E-state index in [1.54, 1.807) is 0 Å². The number of fused-ring (bicyclic) bond motifs is 5. The van der Waals surface area contributed by atoms with Crippen LogP contribution in [0.15, 0.2) is 48.5 Å². The molecule has 2 nitrogen and oxygen atoms in total. The Balaban J connectivity index is 0.00000132. The van der Waals surface area contributed by atoms with Crippen LogP contribution in [-0.2, 0) is 28.1 Å². The Bertz CT molecular complexity index is 641. The molecule has 0 saturated carbocycles. The Morgan fingerprint density at radius 2 is 1.62 bits per heavy atom. The van der Waals surface area contributed by atoms with E-state index in [4.69, 9.17) is 0 Å². The van der Waals surface area contributed by atoms with Crippen molar-refractivity contribution in [1.29, 1.82) is 0 Å². The summed E-state index contributed by atoms with van der Waals surface area (Å²) in [7, 11) is 2.23. The van der Waals surface area contributed by atoms with Gasteiger partial charge in [-0.05, 0) is 36.2 Å². The van der Waals surface area contributed by atoms with Gasteiger partial charge in [0.05, 0.1) is 6.04 Å². The number of nitrogens with zero attached hydrogens (tertiary/aromatic N) is 2. The number of hydrogen-bond acceptors (Lipinski definition) is 2. The summed E-state index contributed by atoms with van der Waals surface area (Å²) < 4.78 is 0. The number of rotatable bonds is 0. The number of piperazine rings is 1. The average molecular weight is 312 g/mol. The molecule has 1 fully saturated rings. The van der Waals surface area contributed by atoms with Crippen molar-refractivity contribution in [2.24, 2.45) is 0 Å². The topological polar surface area (TPSA) is 6.48 Å². The number of benzene rings is 2. The van der Waals surface area contributed by atoms with Crippen molar-refractivity contribution in [2.75, 3.05) is 31.6 Å². The zero-order chi connectivity index (χ0) is 13.5. The van der Waals surface area contributed by atoms with Crippen LogP contribution in [0.5, 0.6) is 0 Å². The molecule has 4 rings (SSSR count). The molecule has 2 aromatic carbocycles. The molecule has 1 unspecified atom stereocenters. The molecule has 2 heterocycles. The summed E-state index contributed by atoms with van der Waals surface area (Å²) >= 11 is 0. The third kappa shape index (κ3) is 2.57. The zero-order valence-corrected chi connectivity index (χ0v) is 14.0. The summed E-state index contributed by atoms with van der Waals surface area (Å²) in [5.74, 6) is 0. The summed E-state index contributed by atoms with van der Waals surface area (Å²) in [5.41, 5.74) is 5.90. The van der Waals surface area contributed by atoms with Crippen LogP contribution < -0.4 is 4.90 Å². The van der Waals surface area contributed by atoms with Crippen molar-refractivity contribution in [3.8, 4) is 0 Å². The van der Waals surface area contributed by atoms with Gasteiger partial charge in [0.1, 0.15) is 0 Å². The quantitative estimate of drug-likeness (QED) is 0.690. The van der Waals surface area contributed by atoms with Crippen molar-refractivity contribution < 1.29 is 21.7 Å². The normalized spacial score (nSPS) is 20.6. The number of anilines is 1. The Morgan fingerprint density at radius 1 is 0.905 bits per heavy atom. The smallest absolute Gasteiger partial charge is 0.0672 e. The van der Waals surface area contributed by atoms with E-state index < -0.39 is 0 Å². The maximum Gasteiger partial charge on any atom is 0.0672 e. The van der Waals surface area contributed by atoms with E-state index in [0.717, 1.165) is 26.1 Å². The van der Waals surface area contributed by atoms with Gasteiger partial charge in [0, 0.05) is 47.0 Å². The second kappa shape index (κ2) is 5.96. The van der Waals surface area contributed by atoms with Gasteiger partial charge in [0.25, 0.3) is 0 Å². The predicted octanol–water partition coefficient (Wildman–Crippen LogP) is 3.08. The number of likely N-dealkylation sites (N-methyl/N-ethyl adjacent to an activating group) is 1. The molecule has 2 aliphatic heterocycles.